The zero-order valence-electron chi connectivity index (χ0n) is 10.6. The summed E-state index contributed by atoms with van der Waals surface area (Å²) in [5.74, 6) is -0.0776. The lowest BCUT2D eigenvalue weighted by molar-refractivity contribution is -0.143. The number of hydrogen-bond donors (Lipinski definition) is 1. The van der Waals surface area contributed by atoms with Crippen LogP contribution in [0.15, 0.2) is 0 Å². The summed E-state index contributed by atoms with van der Waals surface area (Å²) in [6.07, 6.45) is 6.25. The molecule has 0 heterocycles. The van der Waals surface area contributed by atoms with E-state index in [0.717, 1.165) is 0 Å². The van der Waals surface area contributed by atoms with E-state index in [0.29, 0.717) is 5.92 Å². The number of aliphatic carboxylic acids is 1. The van der Waals surface area contributed by atoms with Gasteiger partial charge < -0.3 is 5.11 Å². The molecule has 3 unspecified atom stereocenters. The van der Waals surface area contributed by atoms with Crippen LogP contribution in [-0.4, -0.2) is 11.1 Å². The summed E-state index contributed by atoms with van der Waals surface area (Å²) in [7, 11) is 0. The quantitative estimate of drug-likeness (QED) is 0.621. The van der Waals surface area contributed by atoms with E-state index >= 15 is 0 Å². The molecule has 3 atom stereocenters. The monoisotopic (exact) mass is 214 g/mol. The Bertz CT molecular complexity index is 177. The Hall–Kier alpha value is -0.530. The van der Waals surface area contributed by atoms with Crippen molar-refractivity contribution in [3.05, 3.63) is 0 Å². The summed E-state index contributed by atoms with van der Waals surface area (Å²) in [4.78, 5) is 10.8. The van der Waals surface area contributed by atoms with E-state index in [-0.39, 0.29) is 11.8 Å². The van der Waals surface area contributed by atoms with Gasteiger partial charge in [0.05, 0.1) is 5.92 Å². The molecule has 0 saturated carbocycles. The molecule has 2 heteroatoms. The first-order valence-corrected chi connectivity index (χ1v) is 6.23. The molecule has 0 aromatic carbocycles. The maximum absolute atomic E-state index is 10.8. The minimum Gasteiger partial charge on any atom is -0.481 e. The van der Waals surface area contributed by atoms with Crippen molar-refractivity contribution in [2.75, 3.05) is 0 Å². The first-order valence-electron chi connectivity index (χ1n) is 6.23. The molecule has 0 bridgehead atoms. The fraction of sp³-hybridized carbons (Fsp3) is 0.923. The molecule has 0 rings (SSSR count). The van der Waals surface area contributed by atoms with Gasteiger partial charge in [0, 0.05) is 0 Å². The normalized spacial score (nSPS) is 17.1. The molecule has 90 valence electrons. The summed E-state index contributed by atoms with van der Waals surface area (Å²) < 4.78 is 0. The van der Waals surface area contributed by atoms with Crippen molar-refractivity contribution in [2.45, 2.75) is 59.8 Å². The Balaban J connectivity index is 3.78. The first-order chi connectivity index (χ1) is 7.00. The maximum Gasteiger partial charge on any atom is 0.306 e. The van der Waals surface area contributed by atoms with Crippen LogP contribution in [-0.2, 0) is 4.79 Å². The zero-order chi connectivity index (χ0) is 11.8. The Kier molecular flexibility index (Phi) is 7.45. The van der Waals surface area contributed by atoms with Gasteiger partial charge in [0.25, 0.3) is 0 Å². The second-order valence-electron chi connectivity index (χ2n) is 4.81. The third kappa shape index (κ3) is 5.81. The van der Waals surface area contributed by atoms with Crippen molar-refractivity contribution in [3.8, 4) is 0 Å². The van der Waals surface area contributed by atoms with E-state index in [9.17, 15) is 4.79 Å². The van der Waals surface area contributed by atoms with Crippen LogP contribution in [0.2, 0.25) is 0 Å². The molecule has 2 nitrogen and oxygen atoms in total. The average molecular weight is 214 g/mol. The Morgan fingerprint density at radius 3 is 2.20 bits per heavy atom. The lowest BCUT2D eigenvalue weighted by Gasteiger charge is -2.23. The summed E-state index contributed by atoms with van der Waals surface area (Å²) >= 11 is 0. The fourth-order valence-electron chi connectivity index (χ4n) is 1.87. The van der Waals surface area contributed by atoms with Gasteiger partial charge in [-0.15, -0.1) is 0 Å². The molecule has 0 amide bonds. The molecule has 15 heavy (non-hydrogen) atoms. The van der Waals surface area contributed by atoms with Gasteiger partial charge in [0.1, 0.15) is 0 Å². The van der Waals surface area contributed by atoms with Crippen molar-refractivity contribution in [3.63, 3.8) is 0 Å². The van der Waals surface area contributed by atoms with Gasteiger partial charge in [-0.25, -0.2) is 0 Å². The highest BCUT2D eigenvalue weighted by atomic mass is 16.4. The van der Waals surface area contributed by atoms with Crippen LogP contribution in [0.3, 0.4) is 0 Å². The highest BCUT2D eigenvalue weighted by Gasteiger charge is 2.23. The van der Waals surface area contributed by atoms with Gasteiger partial charge in [0.15, 0.2) is 0 Å². The Morgan fingerprint density at radius 1 is 1.13 bits per heavy atom. The SMILES string of the molecule is CCCCCCC(C)C(C)C(C)C(=O)O. The van der Waals surface area contributed by atoms with Gasteiger partial charge in [-0.2, -0.15) is 0 Å². The zero-order valence-corrected chi connectivity index (χ0v) is 10.6. The van der Waals surface area contributed by atoms with E-state index in [4.69, 9.17) is 5.11 Å². The molecule has 0 fully saturated rings. The average Bonchev–Trinajstić information content (AvgIpc) is 2.21. The summed E-state index contributed by atoms with van der Waals surface area (Å²) in [5.41, 5.74) is 0. The molecule has 0 aromatic rings. The van der Waals surface area contributed by atoms with Crippen LogP contribution in [0, 0.1) is 17.8 Å². The van der Waals surface area contributed by atoms with Crippen molar-refractivity contribution in [2.24, 2.45) is 17.8 Å². The van der Waals surface area contributed by atoms with Crippen LogP contribution in [0.1, 0.15) is 59.8 Å². The van der Waals surface area contributed by atoms with Crippen LogP contribution in [0.4, 0.5) is 0 Å². The first kappa shape index (κ1) is 14.5. The number of hydrogen-bond acceptors (Lipinski definition) is 1. The van der Waals surface area contributed by atoms with Gasteiger partial charge in [-0.05, 0) is 11.8 Å². The molecular weight excluding hydrogens is 188 g/mol. The number of carboxylic acids is 1. The van der Waals surface area contributed by atoms with Crippen LogP contribution < -0.4 is 0 Å². The smallest absolute Gasteiger partial charge is 0.306 e. The second-order valence-corrected chi connectivity index (χ2v) is 4.81. The number of carbonyl (C=O) groups is 1. The molecule has 0 aromatic heterocycles. The molecule has 0 radical (unpaired) electrons. The summed E-state index contributed by atoms with van der Waals surface area (Å²) in [6, 6.07) is 0. The Labute approximate surface area is 94.1 Å². The van der Waals surface area contributed by atoms with Gasteiger partial charge in [-0.3, -0.25) is 4.79 Å². The van der Waals surface area contributed by atoms with E-state index in [1.165, 1.54) is 32.1 Å². The van der Waals surface area contributed by atoms with Crippen molar-refractivity contribution in [1.29, 1.82) is 0 Å². The summed E-state index contributed by atoms with van der Waals surface area (Å²) in [5, 5.41) is 8.91. The molecule has 1 N–H and O–H groups in total. The Morgan fingerprint density at radius 2 is 1.73 bits per heavy atom. The minimum atomic E-state index is -0.664. The predicted octanol–water partition coefficient (Wildman–Crippen LogP) is 3.95. The van der Waals surface area contributed by atoms with Crippen molar-refractivity contribution >= 4 is 5.97 Å². The van der Waals surface area contributed by atoms with Crippen LogP contribution in [0.5, 0.6) is 0 Å². The molecule has 0 aliphatic carbocycles. The molecule has 0 saturated heterocycles. The maximum atomic E-state index is 10.8. The van der Waals surface area contributed by atoms with Gasteiger partial charge in [-0.1, -0.05) is 59.8 Å². The molecular formula is C13H26O2. The fourth-order valence-corrected chi connectivity index (χ4v) is 1.87. The van der Waals surface area contributed by atoms with Crippen molar-refractivity contribution < 1.29 is 9.90 Å². The van der Waals surface area contributed by atoms with Gasteiger partial charge >= 0.3 is 5.97 Å². The number of unbranched alkanes of at least 4 members (excludes halogenated alkanes) is 3. The topological polar surface area (TPSA) is 37.3 Å². The predicted molar refractivity (Wildman–Crippen MR) is 63.9 cm³/mol. The minimum absolute atomic E-state index is 0.217. The van der Waals surface area contributed by atoms with Gasteiger partial charge in [0.2, 0.25) is 0 Å². The van der Waals surface area contributed by atoms with Crippen molar-refractivity contribution in [1.82, 2.24) is 0 Å². The third-order valence-corrected chi connectivity index (χ3v) is 3.59. The highest BCUT2D eigenvalue weighted by molar-refractivity contribution is 5.69. The summed E-state index contributed by atoms with van der Waals surface area (Å²) in [6.45, 7) is 8.26. The standard InChI is InChI=1S/C13H26O2/c1-5-6-7-8-9-10(2)11(3)12(4)13(14)15/h10-12H,5-9H2,1-4H3,(H,14,15). The lowest BCUT2D eigenvalue weighted by atomic mass is 9.82. The molecule has 0 aliphatic heterocycles. The van der Waals surface area contributed by atoms with E-state index in [1.54, 1.807) is 0 Å². The largest absolute Gasteiger partial charge is 0.481 e. The highest BCUT2D eigenvalue weighted by Crippen LogP contribution is 2.25. The number of rotatable bonds is 8. The van der Waals surface area contributed by atoms with E-state index in [2.05, 4.69) is 20.8 Å². The second kappa shape index (κ2) is 7.72. The van der Waals surface area contributed by atoms with Crippen LogP contribution in [0.25, 0.3) is 0 Å². The lowest BCUT2D eigenvalue weighted by Crippen LogP contribution is -2.23. The van der Waals surface area contributed by atoms with E-state index in [1.807, 2.05) is 6.92 Å². The van der Waals surface area contributed by atoms with E-state index < -0.39 is 5.97 Å². The molecule has 0 aliphatic rings. The number of carboxylic acid groups (broad SMARTS) is 1. The van der Waals surface area contributed by atoms with Crippen LogP contribution >= 0.6 is 0 Å². The molecule has 0 spiro atoms. The third-order valence-electron chi connectivity index (χ3n) is 3.59.